The lowest BCUT2D eigenvalue weighted by atomic mass is 9.86. The van der Waals surface area contributed by atoms with E-state index < -0.39 is 0 Å². The Morgan fingerprint density at radius 3 is 2.91 bits per heavy atom. The van der Waals surface area contributed by atoms with E-state index >= 15 is 0 Å². The van der Waals surface area contributed by atoms with Gasteiger partial charge in [-0.05, 0) is 54.2 Å². The first-order chi connectivity index (χ1) is 16.9. The van der Waals surface area contributed by atoms with Gasteiger partial charge in [-0.25, -0.2) is 4.39 Å². The number of amides is 1. The Morgan fingerprint density at radius 2 is 2.11 bits per heavy atom. The Kier molecular flexibility index (Phi) is 4.60. The highest BCUT2D eigenvalue weighted by atomic mass is 19.1. The molecule has 1 amide bonds. The van der Waals surface area contributed by atoms with Crippen LogP contribution in [0.1, 0.15) is 36.0 Å². The van der Waals surface area contributed by atoms with Gasteiger partial charge in [0.15, 0.2) is 0 Å². The van der Waals surface area contributed by atoms with Crippen LogP contribution in [-0.2, 0) is 4.79 Å². The van der Waals surface area contributed by atoms with Crippen molar-refractivity contribution in [2.45, 2.75) is 37.5 Å². The molecular formula is C27H28FN5O2. The molecule has 7 rings (SSSR count). The number of carbonyl (C=O) groups excluding carboxylic acids is 1. The number of hydrazone groups is 1. The van der Waals surface area contributed by atoms with Crippen molar-refractivity contribution in [1.82, 2.24) is 20.1 Å². The van der Waals surface area contributed by atoms with Crippen molar-refractivity contribution in [3.05, 3.63) is 69.8 Å². The van der Waals surface area contributed by atoms with E-state index in [0.29, 0.717) is 25.7 Å². The second-order valence-corrected chi connectivity index (χ2v) is 10.5. The lowest BCUT2D eigenvalue weighted by Gasteiger charge is -2.40. The summed E-state index contributed by atoms with van der Waals surface area (Å²) in [7, 11) is 2.05. The minimum atomic E-state index is -0.372. The molecule has 35 heavy (non-hydrogen) atoms. The number of hydrogen-bond acceptors (Lipinski definition) is 6. The number of hydrogen-bond donors (Lipinski definition) is 2. The van der Waals surface area contributed by atoms with Gasteiger partial charge in [0.25, 0.3) is 0 Å². The van der Waals surface area contributed by atoms with Gasteiger partial charge in [-0.15, -0.1) is 0 Å². The third kappa shape index (κ3) is 3.31. The number of rotatable bonds is 3. The number of carbonyl (C=O) groups is 1. The number of fused-ring (bicyclic) bond motifs is 4. The molecule has 0 unspecified atom stereocenters. The second-order valence-electron chi connectivity index (χ2n) is 10.5. The first-order valence-corrected chi connectivity index (χ1v) is 12.4. The molecule has 2 saturated heterocycles. The number of β-amino-alcohol motifs (C(OH)–C–C–N with tert-alkyl or cyclic N) is 1. The van der Waals surface area contributed by atoms with Crippen LogP contribution in [0.25, 0.3) is 11.6 Å². The zero-order valence-electron chi connectivity index (χ0n) is 19.7. The van der Waals surface area contributed by atoms with Gasteiger partial charge in [0.2, 0.25) is 5.91 Å². The Morgan fingerprint density at radius 1 is 1.26 bits per heavy atom. The Hall–Kier alpha value is -3.23. The van der Waals surface area contributed by atoms with Crippen LogP contribution in [0.5, 0.6) is 0 Å². The molecule has 0 radical (unpaired) electrons. The van der Waals surface area contributed by atoms with Crippen LogP contribution in [-0.4, -0.2) is 82.8 Å². The van der Waals surface area contributed by atoms with Gasteiger partial charge in [-0.3, -0.25) is 15.1 Å². The zero-order chi connectivity index (χ0) is 23.8. The SMILES string of the molecule is CN1C=C2C(=C(C3=C[C@H]4CC[C@@H](C3)N4CC(=O)N3CC(O)C3)C1)NN=C1C=Cc3cc(F)cc2c31. The van der Waals surface area contributed by atoms with Crippen LogP contribution in [0.2, 0.25) is 0 Å². The van der Waals surface area contributed by atoms with Crippen molar-refractivity contribution in [3.8, 4) is 0 Å². The fourth-order valence-corrected chi connectivity index (χ4v) is 6.44. The lowest BCUT2D eigenvalue weighted by Crippen LogP contribution is -2.57. The monoisotopic (exact) mass is 473 g/mol. The molecule has 8 heteroatoms. The summed E-state index contributed by atoms with van der Waals surface area (Å²) in [6.07, 6.45) is 10.9. The minimum absolute atomic E-state index is 0.109. The van der Waals surface area contributed by atoms with Gasteiger partial charge >= 0.3 is 0 Å². The van der Waals surface area contributed by atoms with Crippen molar-refractivity contribution in [2.24, 2.45) is 5.10 Å². The molecule has 2 fully saturated rings. The number of allylic oxidation sites excluding steroid dienone is 2. The highest BCUT2D eigenvalue weighted by Crippen LogP contribution is 2.43. The van der Waals surface area contributed by atoms with Crippen LogP contribution >= 0.6 is 0 Å². The molecule has 5 aliphatic heterocycles. The van der Waals surface area contributed by atoms with E-state index in [1.54, 1.807) is 17.0 Å². The molecule has 180 valence electrons. The highest BCUT2D eigenvalue weighted by Gasteiger charge is 2.41. The van der Waals surface area contributed by atoms with E-state index in [1.165, 1.54) is 11.1 Å². The number of benzene rings is 1. The van der Waals surface area contributed by atoms with Gasteiger partial charge < -0.3 is 14.9 Å². The molecule has 2 N–H and O–H groups in total. The summed E-state index contributed by atoms with van der Waals surface area (Å²) in [5, 5.41) is 14.2. The van der Waals surface area contributed by atoms with Crippen molar-refractivity contribution >= 4 is 23.3 Å². The minimum Gasteiger partial charge on any atom is -0.389 e. The standard InChI is InChI=1S/C27H28FN5O2/c1-31-12-22(16-7-18-3-4-19(8-16)33(18)14-25(35)32-10-20(34)11-32)27-23(13-31)21-9-17(28)6-15-2-5-24(26(15)21)29-30-27/h2,5-7,9,13,18-20,30,34H,3-4,8,10-12,14H2,1H3/t18-,19+/m1/s1. The van der Waals surface area contributed by atoms with Gasteiger partial charge in [0.1, 0.15) is 5.82 Å². The zero-order valence-corrected chi connectivity index (χ0v) is 19.7. The molecule has 5 heterocycles. The average molecular weight is 474 g/mol. The second kappa shape index (κ2) is 7.63. The molecule has 1 aliphatic carbocycles. The van der Waals surface area contributed by atoms with Crippen molar-refractivity contribution in [3.63, 3.8) is 0 Å². The maximum Gasteiger partial charge on any atom is 0.236 e. The third-order valence-electron chi connectivity index (χ3n) is 8.18. The molecule has 1 aromatic rings. The molecule has 0 saturated carbocycles. The average Bonchev–Trinajstić information content (AvgIpc) is 3.24. The van der Waals surface area contributed by atoms with Gasteiger partial charge in [0.05, 0.1) is 24.1 Å². The summed E-state index contributed by atoms with van der Waals surface area (Å²) in [6.45, 7) is 2.07. The Bertz CT molecular complexity index is 1300. The van der Waals surface area contributed by atoms with E-state index in [9.17, 15) is 14.3 Å². The Balaban J connectivity index is 1.24. The normalized spacial score (nSPS) is 27.0. The summed E-state index contributed by atoms with van der Waals surface area (Å²) in [5.41, 5.74) is 11.3. The van der Waals surface area contributed by atoms with Crippen molar-refractivity contribution < 1.29 is 14.3 Å². The first kappa shape index (κ1) is 21.1. The lowest BCUT2D eigenvalue weighted by molar-refractivity contribution is -0.143. The van der Waals surface area contributed by atoms with E-state index in [2.05, 4.69) is 34.5 Å². The number of likely N-dealkylation sites (tertiary alicyclic amines) is 1. The van der Waals surface area contributed by atoms with E-state index in [1.807, 2.05) is 12.2 Å². The first-order valence-electron chi connectivity index (χ1n) is 12.4. The topological polar surface area (TPSA) is 71.4 Å². The molecular weight excluding hydrogens is 445 g/mol. The number of halogens is 1. The molecule has 0 spiro atoms. The van der Waals surface area contributed by atoms with Crippen LogP contribution < -0.4 is 5.43 Å². The maximum absolute atomic E-state index is 14.6. The molecule has 1 aromatic carbocycles. The predicted molar refractivity (Wildman–Crippen MR) is 132 cm³/mol. The van der Waals surface area contributed by atoms with Gasteiger partial charge in [0, 0.05) is 61.7 Å². The van der Waals surface area contributed by atoms with Crippen LogP contribution in [0.15, 0.2) is 52.4 Å². The maximum atomic E-state index is 14.6. The van der Waals surface area contributed by atoms with Crippen LogP contribution in [0, 0.1) is 5.82 Å². The quantitative estimate of drug-likeness (QED) is 0.704. The fraction of sp³-hybridized carbons (Fsp3) is 0.407. The molecule has 6 aliphatic rings. The molecule has 2 bridgehead atoms. The van der Waals surface area contributed by atoms with E-state index in [4.69, 9.17) is 5.10 Å². The Labute approximate surface area is 203 Å². The predicted octanol–water partition coefficient (Wildman–Crippen LogP) is 2.07. The molecule has 0 aromatic heterocycles. The number of nitrogens with one attached hydrogen (secondary N) is 1. The molecule has 2 atom stereocenters. The van der Waals surface area contributed by atoms with Crippen molar-refractivity contribution in [1.29, 1.82) is 0 Å². The van der Waals surface area contributed by atoms with Crippen LogP contribution in [0.4, 0.5) is 4.39 Å². The summed E-state index contributed by atoms with van der Waals surface area (Å²) in [5.74, 6) is -0.135. The third-order valence-corrected chi connectivity index (χ3v) is 8.18. The highest BCUT2D eigenvalue weighted by molar-refractivity contribution is 6.20. The number of aliphatic hydroxyl groups excluding tert-OH is 1. The summed E-state index contributed by atoms with van der Waals surface area (Å²) < 4.78 is 14.6. The molecule has 7 nitrogen and oxygen atoms in total. The number of aliphatic hydroxyl groups is 1. The smallest absolute Gasteiger partial charge is 0.236 e. The largest absolute Gasteiger partial charge is 0.389 e. The van der Waals surface area contributed by atoms with Gasteiger partial charge in [-0.1, -0.05) is 12.2 Å². The van der Waals surface area contributed by atoms with E-state index in [0.717, 1.165) is 59.5 Å². The number of nitrogens with zero attached hydrogens (tertiary/aromatic N) is 4. The summed E-state index contributed by atoms with van der Waals surface area (Å²) in [6, 6.07) is 3.75. The summed E-state index contributed by atoms with van der Waals surface area (Å²) >= 11 is 0. The van der Waals surface area contributed by atoms with Crippen molar-refractivity contribution in [2.75, 3.05) is 33.2 Å². The summed E-state index contributed by atoms with van der Waals surface area (Å²) in [4.78, 5) is 18.9. The van der Waals surface area contributed by atoms with Gasteiger partial charge in [-0.2, -0.15) is 5.10 Å². The van der Waals surface area contributed by atoms with Crippen LogP contribution in [0.3, 0.4) is 0 Å². The number of likely N-dealkylation sites (N-methyl/N-ethyl adjacent to an activating group) is 1. The van der Waals surface area contributed by atoms with E-state index in [-0.39, 0.29) is 23.9 Å². The fourth-order valence-electron chi connectivity index (χ4n) is 6.44.